The van der Waals surface area contributed by atoms with Gasteiger partial charge in [0.05, 0.1) is 6.61 Å². The molecule has 21 heavy (non-hydrogen) atoms. The molecule has 4 nitrogen and oxygen atoms in total. The second-order valence-electron chi connectivity index (χ2n) is 4.22. The van der Waals surface area contributed by atoms with Crippen LogP contribution in [0.25, 0.3) is 0 Å². The Labute approximate surface area is 118 Å². The van der Waals surface area contributed by atoms with Crippen LogP contribution in [0.5, 0.6) is 5.75 Å². The van der Waals surface area contributed by atoms with Crippen LogP contribution in [0.1, 0.15) is 17.3 Å². The van der Waals surface area contributed by atoms with E-state index in [4.69, 9.17) is 4.74 Å². The van der Waals surface area contributed by atoms with Crippen LogP contribution in [0, 0.1) is 0 Å². The largest absolute Gasteiger partial charge is 0.491 e. The Hall–Kier alpha value is -1.67. The Morgan fingerprint density at radius 1 is 1.24 bits per heavy atom. The van der Waals surface area contributed by atoms with Gasteiger partial charge >= 0.3 is 12.5 Å². The Bertz CT molecular complexity index is 462. The maximum atomic E-state index is 12.4. The van der Waals surface area contributed by atoms with Crippen molar-refractivity contribution in [2.45, 2.75) is 25.6 Å². The Morgan fingerprint density at radius 3 is 2.29 bits per heavy atom. The average molecular weight is 310 g/mol. The fraction of sp³-hybridized carbons (Fsp3) is 0.462. The van der Waals surface area contributed by atoms with E-state index < -0.39 is 31.9 Å². The van der Waals surface area contributed by atoms with Crippen molar-refractivity contribution in [3.63, 3.8) is 0 Å². The normalized spacial score (nSPS) is 13.3. The third kappa shape index (κ3) is 5.68. The van der Waals surface area contributed by atoms with Gasteiger partial charge < -0.3 is 14.6 Å². The fourth-order valence-corrected chi connectivity index (χ4v) is 1.30. The molecule has 1 N–H and O–H groups in total. The van der Waals surface area contributed by atoms with Crippen LogP contribution in [-0.4, -0.2) is 42.7 Å². The number of aliphatic hydroxyl groups is 1. The highest BCUT2D eigenvalue weighted by Crippen LogP contribution is 2.24. The lowest BCUT2D eigenvalue weighted by molar-refractivity contribution is -0.307. The minimum absolute atomic E-state index is 0.135. The van der Waals surface area contributed by atoms with Crippen LogP contribution >= 0.6 is 0 Å². The first-order chi connectivity index (χ1) is 9.72. The lowest BCUT2D eigenvalue weighted by Crippen LogP contribution is -2.35. The summed E-state index contributed by atoms with van der Waals surface area (Å²) in [6, 6.07) is 5.90. The van der Waals surface area contributed by atoms with Crippen LogP contribution in [0.2, 0.25) is 0 Å². The number of carbonyl (C=O) groups is 1. The topological polar surface area (TPSA) is 55.8 Å². The molecule has 0 fully saturated rings. The van der Waals surface area contributed by atoms with E-state index >= 15 is 0 Å². The van der Waals surface area contributed by atoms with E-state index in [0.29, 0.717) is 11.3 Å². The van der Waals surface area contributed by atoms with Crippen molar-refractivity contribution in [3.05, 3.63) is 29.8 Å². The molecule has 0 aliphatic carbocycles. The van der Waals surface area contributed by atoms with E-state index in [-0.39, 0.29) is 5.78 Å². The molecule has 0 aromatic heterocycles. The molecule has 1 atom stereocenters. The van der Waals surface area contributed by atoms with Crippen molar-refractivity contribution < 1.29 is 36.9 Å². The average Bonchev–Trinajstić information content (AvgIpc) is 2.43. The Balaban J connectivity index is 2.39. The molecule has 1 aromatic rings. The molecule has 0 aliphatic heterocycles. The summed E-state index contributed by atoms with van der Waals surface area (Å²) in [4.78, 5) is 11.0. The van der Waals surface area contributed by atoms with Crippen LogP contribution in [0.15, 0.2) is 24.3 Å². The zero-order valence-electron chi connectivity index (χ0n) is 11.1. The molecule has 0 heterocycles. The summed E-state index contributed by atoms with van der Waals surface area (Å²) in [6.07, 6.45) is -10.1. The number of carbonyl (C=O) groups excluding carboxylic acids is 1. The van der Waals surface area contributed by atoms with Gasteiger partial charge in [-0.15, -0.1) is 0 Å². The first-order valence-corrected chi connectivity index (χ1v) is 5.94. The number of hydrogen-bond acceptors (Lipinski definition) is 4. The highest BCUT2D eigenvalue weighted by Gasteiger charge is 2.42. The third-order valence-electron chi connectivity index (χ3n) is 2.43. The zero-order chi connectivity index (χ0) is 16.0. The van der Waals surface area contributed by atoms with Crippen LogP contribution in [0.4, 0.5) is 17.6 Å². The summed E-state index contributed by atoms with van der Waals surface area (Å²) in [5, 5.41) is 9.32. The van der Waals surface area contributed by atoms with Crippen molar-refractivity contribution >= 4 is 5.78 Å². The molecule has 0 saturated heterocycles. The number of benzene rings is 1. The Kier molecular flexibility index (Phi) is 6.10. The molecule has 0 saturated carbocycles. The molecule has 8 heteroatoms. The second-order valence-corrected chi connectivity index (χ2v) is 4.22. The summed E-state index contributed by atoms with van der Waals surface area (Å²) in [5.41, 5.74) is 0.461. The number of alkyl halides is 4. The summed E-state index contributed by atoms with van der Waals surface area (Å²) in [7, 11) is 0. The van der Waals surface area contributed by atoms with E-state index in [2.05, 4.69) is 4.74 Å². The number of halogens is 4. The molecule has 0 bridgehead atoms. The second kappa shape index (κ2) is 7.37. The minimum Gasteiger partial charge on any atom is -0.491 e. The molecule has 0 amide bonds. The first kappa shape index (κ1) is 17.4. The van der Waals surface area contributed by atoms with Gasteiger partial charge in [0.2, 0.25) is 0 Å². The molecule has 0 spiro atoms. The van der Waals surface area contributed by atoms with E-state index in [9.17, 15) is 27.5 Å². The van der Waals surface area contributed by atoms with Gasteiger partial charge in [0.15, 0.2) is 5.78 Å². The van der Waals surface area contributed by atoms with Gasteiger partial charge in [-0.1, -0.05) is 0 Å². The summed E-state index contributed by atoms with van der Waals surface area (Å²) in [6.45, 7) is -0.0260. The van der Waals surface area contributed by atoms with E-state index in [1.165, 1.54) is 31.2 Å². The summed E-state index contributed by atoms with van der Waals surface area (Å²) in [5.74, 6) is 0.156. The van der Waals surface area contributed by atoms with Gasteiger partial charge in [-0.05, 0) is 31.2 Å². The van der Waals surface area contributed by atoms with E-state index in [1.807, 2.05) is 0 Å². The molecule has 118 valence electrons. The minimum atomic E-state index is -4.61. The van der Waals surface area contributed by atoms with Crippen LogP contribution < -0.4 is 4.74 Å². The van der Waals surface area contributed by atoms with Gasteiger partial charge in [-0.2, -0.15) is 8.78 Å². The van der Waals surface area contributed by atoms with Crippen molar-refractivity contribution in [1.82, 2.24) is 0 Å². The number of rotatable bonds is 8. The Morgan fingerprint density at radius 2 is 1.81 bits per heavy atom. The third-order valence-corrected chi connectivity index (χ3v) is 2.43. The number of ether oxygens (including phenoxy) is 2. The predicted molar refractivity (Wildman–Crippen MR) is 64.9 cm³/mol. The lowest BCUT2D eigenvalue weighted by Gasteiger charge is -2.18. The summed E-state index contributed by atoms with van der Waals surface area (Å²) < 4.78 is 57.2. The van der Waals surface area contributed by atoms with Crippen molar-refractivity contribution in [2.75, 3.05) is 13.2 Å². The van der Waals surface area contributed by atoms with Crippen LogP contribution in [0.3, 0.4) is 0 Å². The molecule has 1 aromatic carbocycles. The first-order valence-electron chi connectivity index (χ1n) is 5.94. The number of hydrogen-bond donors (Lipinski definition) is 1. The van der Waals surface area contributed by atoms with Gasteiger partial charge in [0.1, 0.15) is 18.5 Å². The molecule has 0 aliphatic rings. The van der Waals surface area contributed by atoms with Crippen molar-refractivity contribution in [1.29, 1.82) is 0 Å². The van der Waals surface area contributed by atoms with E-state index in [1.54, 1.807) is 0 Å². The van der Waals surface area contributed by atoms with Crippen molar-refractivity contribution in [2.24, 2.45) is 0 Å². The molecule has 0 unspecified atom stereocenters. The number of ketones is 1. The van der Waals surface area contributed by atoms with Gasteiger partial charge in [0.25, 0.3) is 0 Å². The quantitative estimate of drug-likeness (QED) is 0.592. The molecular formula is C13H14F4O4. The standard InChI is InChI=1S/C13H14F4O4/c1-8(18)9-2-4-11(5-3-9)20-6-10(19)7-21-13(16,17)12(14)15/h2-5,10,12,19H,6-7H2,1H3/t10-/m1/s1. The fourth-order valence-electron chi connectivity index (χ4n) is 1.30. The SMILES string of the molecule is CC(=O)c1ccc(OC[C@@H](O)COC(F)(F)C(F)F)cc1. The van der Waals surface area contributed by atoms with Gasteiger partial charge in [-0.3, -0.25) is 4.79 Å². The monoisotopic (exact) mass is 310 g/mol. The number of Topliss-reactive ketones (excluding diaryl/α,β-unsaturated/α-hetero) is 1. The van der Waals surface area contributed by atoms with Gasteiger partial charge in [-0.25, -0.2) is 8.78 Å². The van der Waals surface area contributed by atoms with Crippen molar-refractivity contribution in [3.8, 4) is 5.75 Å². The predicted octanol–water partition coefficient (Wildman–Crippen LogP) is 2.50. The highest BCUT2D eigenvalue weighted by atomic mass is 19.3. The maximum absolute atomic E-state index is 12.4. The number of aliphatic hydroxyl groups excluding tert-OH is 1. The lowest BCUT2D eigenvalue weighted by atomic mass is 10.1. The molecule has 1 rings (SSSR count). The van der Waals surface area contributed by atoms with Crippen LogP contribution in [-0.2, 0) is 4.74 Å². The molecular weight excluding hydrogens is 296 g/mol. The summed E-state index contributed by atoms with van der Waals surface area (Å²) >= 11 is 0. The highest BCUT2D eigenvalue weighted by molar-refractivity contribution is 5.94. The van der Waals surface area contributed by atoms with Gasteiger partial charge in [0, 0.05) is 5.56 Å². The molecule has 0 radical (unpaired) electrons. The maximum Gasteiger partial charge on any atom is 0.416 e. The van der Waals surface area contributed by atoms with E-state index in [0.717, 1.165) is 0 Å². The zero-order valence-corrected chi connectivity index (χ0v) is 11.1. The smallest absolute Gasteiger partial charge is 0.416 e.